The summed E-state index contributed by atoms with van der Waals surface area (Å²) in [6.45, 7) is 0.631. The highest BCUT2D eigenvalue weighted by Crippen LogP contribution is 2.31. The van der Waals surface area contributed by atoms with E-state index in [-0.39, 0.29) is 18.2 Å². The molecule has 29 heavy (non-hydrogen) atoms. The molecular formula is C21H24Cl2N2O3S. The lowest BCUT2D eigenvalue weighted by Crippen LogP contribution is -2.44. The molecule has 1 aliphatic rings. The fourth-order valence-corrected chi connectivity index (χ4v) is 5.56. The standard InChI is InChI=1S/C21H24Cl2N2O3S/c22-18-11-4-12-19(23)20(18)24-21(26)17-10-5-13-25(15-17)29(27,28)14-6-9-16-7-2-1-3-8-16/h1-4,7-8,11-12,17H,5-6,9-10,13-15H2,(H,24,26)/t17-/m1/s1. The van der Waals surface area contributed by atoms with Crippen molar-refractivity contribution in [1.29, 1.82) is 0 Å². The number of hydrogen-bond donors (Lipinski definition) is 1. The van der Waals surface area contributed by atoms with Crippen LogP contribution in [-0.4, -0.2) is 37.5 Å². The minimum Gasteiger partial charge on any atom is -0.323 e. The Labute approximate surface area is 182 Å². The normalized spacial score (nSPS) is 17.8. The van der Waals surface area contributed by atoms with E-state index in [0.717, 1.165) is 5.56 Å². The molecule has 156 valence electrons. The van der Waals surface area contributed by atoms with Gasteiger partial charge in [-0.2, -0.15) is 0 Å². The van der Waals surface area contributed by atoms with Crippen LogP contribution in [0.2, 0.25) is 10.0 Å². The van der Waals surface area contributed by atoms with Crippen LogP contribution in [-0.2, 0) is 21.2 Å². The van der Waals surface area contributed by atoms with Gasteiger partial charge in [-0.15, -0.1) is 0 Å². The van der Waals surface area contributed by atoms with Crippen molar-refractivity contribution < 1.29 is 13.2 Å². The summed E-state index contributed by atoms with van der Waals surface area (Å²) in [4.78, 5) is 12.7. The molecule has 5 nitrogen and oxygen atoms in total. The number of anilines is 1. The van der Waals surface area contributed by atoms with E-state index in [1.807, 2.05) is 30.3 Å². The summed E-state index contributed by atoms with van der Waals surface area (Å²) in [6.07, 6.45) is 2.54. The van der Waals surface area contributed by atoms with Crippen molar-refractivity contribution in [2.75, 3.05) is 24.2 Å². The molecule has 1 heterocycles. The molecule has 1 aliphatic heterocycles. The highest BCUT2D eigenvalue weighted by molar-refractivity contribution is 7.89. The Kier molecular flexibility index (Phi) is 7.57. The fourth-order valence-electron chi connectivity index (χ4n) is 3.48. The largest absolute Gasteiger partial charge is 0.323 e. The Balaban J connectivity index is 1.58. The van der Waals surface area contributed by atoms with Gasteiger partial charge in [-0.1, -0.05) is 59.6 Å². The van der Waals surface area contributed by atoms with Crippen LogP contribution >= 0.6 is 23.2 Å². The zero-order valence-electron chi connectivity index (χ0n) is 16.0. The van der Waals surface area contributed by atoms with Crippen molar-refractivity contribution in [3.63, 3.8) is 0 Å². The van der Waals surface area contributed by atoms with E-state index in [1.165, 1.54) is 4.31 Å². The van der Waals surface area contributed by atoms with Crippen molar-refractivity contribution in [3.8, 4) is 0 Å². The van der Waals surface area contributed by atoms with Crippen LogP contribution in [0.5, 0.6) is 0 Å². The Bertz CT molecular complexity index is 931. The van der Waals surface area contributed by atoms with Gasteiger partial charge in [0.1, 0.15) is 0 Å². The maximum Gasteiger partial charge on any atom is 0.228 e. The molecule has 2 aromatic rings. The minimum absolute atomic E-state index is 0.0760. The molecule has 2 aromatic carbocycles. The number of para-hydroxylation sites is 1. The number of sulfonamides is 1. The molecule has 0 aliphatic carbocycles. The lowest BCUT2D eigenvalue weighted by Gasteiger charge is -2.31. The van der Waals surface area contributed by atoms with Crippen molar-refractivity contribution >= 4 is 44.8 Å². The number of nitrogens with one attached hydrogen (secondary N) is 1. The molecular weight excluding hydrogens is 431 g/mol. The molecule has 0 spiro atoms. The molecule has 0 saturated carbocycles. The number of halogens is 2. The van der Waals surface area contributed by atoms with Crippen molar-refractivity contribution in [2.45, 2.75) is 25.7 Å². The molecule has 1 atom stereocenters. The second-order valence-electron chi connectivity index (χ2n) is 7.19. The third-order valence-corrected chi connectivity index (χ3v) is 7.62. The highest BCUT2D eigenvalue weighted by Gasteiger charge is 2.32. The number of nitrogens with zero attached hydrogens (tertiary/aromatic N) is 1. The Morgan fingerprint density at radius 3 is 2.45 bits per heavy atom. The Hall–Kier alpha value is -1.60. The summed E-state index contributed by atoms with van der Waals surface area (Å²) >= 11 is 12.2. The van der Waals surface area contributed by atoms with Crippen molar-refractivity contribution in [1.82, 2.24) is 4.31 Å². The quantitative estimate of drug-likeness (QED) is 0.663. The topological polar surface area (TPSA) is 66.5 Å². The van der Waals surface area contributed by atoms with Gasteiger partial charge in [0, 0.05) is 13.1 Å². The average Bonchev–Trinajstić information content (AvgIpc) is 2.71. The van der Waals surface area contributed by atoms with Gasteiger partial charge in [-0.05, 0) is 43.4 Å². The molecule has 0 aromatic heterocycles. The number of piperidine rings is 1. The number of amides is 1. The molecule has 0 radical (unpaired) electrons. The van der Waals surface area contributed by atoms with Crippen LogP contribution in [0.3, 0.4) is 0 Å². The smallest absolute Gasteiger partial charge is 0.228 e. The highest BCUT2D eigenvalue weighted by atomic mass is 35.5. The van der Waals surface area contributed by atoms with Crippen LogP contribution < -0.4 is 5.32 Å². The number of carbonyl (C=O) groups is 1. The van der Waals surface area contributed by atoms with E-state index < -0.39 is 15.9 Å². The molecule has 1 N–H and O–H groups in total. The lowest BCUT2D eigenvalue weighted by molar-refractivity contribution is -0.120. The van der Waals surface area contributed by atoms with Gasteiger partial charge in [0.05, 0.1) is 27.4 Å². The first-order valence-corrected chi connectivity index (χ1v) is 12.0. The van der Waals surface area contributed by atoms with Crippen molar-refractivity contribution in [3.05, 3.63) is 64.1 Å². The number of rotatable bonds is 7. The minimum atomic E-state index is -3.41. The molecule has 1 amide bonds. The van der Waals surface area contributed by atoms with Gasteiger partial charge in [0.25, 0.3) is 0 Å². The summed E-state index contributed by atoms with van der Waals surface area (Å²) in [5, 5.41) is 3.47. The van der Waals surface area contributed by atoms with Gasteiger partial charge >= 0.3 is 0 Å². The number of aryl methyl sites for hydroxylation is 1. The fraction of sp³-hybridized carbons (Fsp3) is 0.381. The predicted octanol–water partition coefficient (Wildman–Crippen LogP) is 4.61. The summed E-state index contributed by atoms with van der Waals surface area (Å²) in [5.41, 5.74) is 1.49. The predicted molar refractivity (Wildman–Crippen MR) is 118 cm³/mol. The monoisotopic (exact) mass is 454 g/mol. The summed E-state index contributed by atoms with van der Waals surface area (Å²) in [5.74, 6) is -0.615. The number of carbonyl (C=O) groups excluding carboxylic acids is 1. The average molecular weight is 455 g/mol. The van der Waals surface area contributed by atoms with Crippen molar-refractivity contribution in [2.24, 2.45) is 5.92 Å². The zero-order chi connectivity index (χ0) is 20.9. The first-order chi connectivity index (χ1) is 13.9. The first-order valence-electron chi connectivity index (χ1n) is 9.63. The summed E-state index contributed by atoms with van der Waals surface area (Å²) in [7, 11) is -3.41. The van der Waals surface area contributed by atoms with Crippen LogP contribution in [0, 0.1) is 5.92 Å². The van der Waals surface area contributed by atoms with Crippen LogP contribution in [0.15, 0.2) is 48.5 Å². The maximum atomic E-state index is 12.8. The molecule has 3 rings (SSSR count). The third-order valence-electron chi connectivity index (χ3n) is 5.07. The SMILES string of the molecule is O=C(Nc1c(Cl)cccc1Cl)[C@@H]1CCCN(S(=O)(=O)CCCc2ccccc2)C1. The third kappa shape index (κ3) is 5.95. The van der Waals surface area contributed by atoms with Gasteiger partial charge in [-0.25, -0.2) is 12.7 Å². The molecule has 1 fully saturated rings. The van der Waals surface area contributed by atoms with Crippen LogP contribution in [0.25, 0.3) is 0 Å². The molecule has 8 heteroatoms. The number of hydrogen-bond acceptors (Lipinski definition) is 3. The van der Waals surface area contributed by atoms with E-state index in [0.29, 0.717) is 48.0 Å². The summed E-state index contributed by atoms with van der Waals surface area (Å²) < 4.78 is 27.0. The maximum absolute atomic E-state index is 12.8. The van der Waals surface area contributed by atoms with Crippen LogP contribution in [0.1, 0.15) is 24.8 Å². The lowest BCUT2D eigenvalue weighted by atomic mass is 9.98. The van der Waals surface area contributed by atoms with E-state index in [2.05, 4.69) is 5.32 Å². The second-order valence-corrected chi connectivity index (χ2v) is 10.1. The van der Waals surface area contributed by atoms with E-state index in [9.17, 15) is 13.2 Å². The van der Waals surface area contributed by atoms with E-state index >= 15 is 0 Å². The van der Waals surface area contributed by atoms with Crippen LogP contribution in [0.4, 0.5) is 5.69 Å². The molecule has 1 saturated heterocycles. The Morgan fingerprint density at radius 2 is 1.76 bits per heavy atom. The van der Waals surface area contributed by atoms with Gasteiger partial charge in [0.2, 0.25) is 15.9 Å². The zero-order valence-corrected chi connectivity index (χ0v) is 18.3. The molecule has 0 bridgehead atoms. The van der Waals surface area contributed by atoms with E-state index in [4.69, 9.17) is 23.2 Å². The number of benzene rings is 2. The summed E-state index contributed by atoms with van der Waals surface area (Å²) in [6, 6.07) is 14.8. The first kappa shape index (κ1) is 22.1. The Morgan fingerprint density at radius 1 is 1.07 bits per heavy atom. The van der Waals surface area contributed by atoms with E-state index in [1.54, 1.807) is 18.2 Å². The van der Waals surface area contributed by atoms with Gasteiger partial charge < -0.3 is 5.32 Å². The van der Waals surface area contributed by atoms with Gasteiger partial charge in [0.15, 0.2) is 0 Å². The second kappa shape index (κ2) is 9.94. The van der Waals surface area contributed by atoms with Gasteiger partial charge in [-0.3, -0.25) is 4.79 Å². The molecule has 0 unspecified atom stereocenters.